The first-order valence-corrected chi connectivity index (χ1v) is 6.96. The number of hydrogen-bond acceptors (Lipinski definition) is 3. The van der Waals surface area contributed by atoms with Gasteiger partial charge in [0.25, 0.3) is 0 Å². The Morgan fingerprint density at radius 2 is 2.50 bits per heavy atom. The maximum atomic E-state index is 5.90. The van der Waals surface area contributed by atoms with Gasteiger partial charge in [0.2, 0.25) is 0 Å². The summed E-state index contributed by atoms with van der Waals surface area (Å²) < 4.78 is 5.90. The number of thiophene rings is 1. The Morgan fingerprint density at radius 3 is 3.06 bits per heavy atom. The smallest absolute Gasteiger partial charge is 0.0807 e. The lowest BCUT2D eigenvalue weighted by Crippen LogP contribution is -2.47. The van der Waals surface area contributed by atoms with Crippen LogP contribution >= 0.6 is 11.3 Å². The van der Waals surface area contributed by atoms with E-state index in [4.69, 9.17) is 4.74 Å². The second-order valence-electron chi connectivity index (χ2n) is 4.72. The van der Waals surface area contributed by atoms with Gasteiger partial charge in [-0.2, -0.15) is 0 Å². The summed E-state index contributed by atoms with van der Waals surface area (Å²) in [5.41, 5.74) is 0.0476. The summed E-state index contributed by atoms with van der Waals surface area (Å²) in [5.74, 6) is 0. The minimum atomic E-state index is 0.0476. The van der Waals surface area contributed by atoms with E-state index in [1.165, 1.54) is 17.7 Å². The molecule has 0 spiro atoms. The van der Waals surface area contributed by atoms with Crippen molar-refractivity contribution in [1.29, 1.82) is 0 Å². The van der Waals surface area contributed by atoms with Crippen LogP contribution in [0.4, 0.5) is 0 Å². The molecule has 0 amide bonds. The lowest BCUT2D eigenvalue weighted by Gasteiger charge is -2.33. The van der Waals surface area contributed by atoms with Crippen LogP contribution in [-0.2, 0) is 11.2 Å². The van der Waals surface area contributed by atoms with Crippen molar-refractivity contribution in [3.63, 3.8) is 0 Å². The maximum Gasteiger partial charge on any atom is 0.0807 e. The van der Waals surface area contributed by atoms with E-state index in [1.807, 2.05) is 18.4 Å². The van der Waals surface area contributed by atoms with E-state index in [0.717, 1.165) is 19.4 Å². The molecule has 2 nitrogen and oxygen atoms in total. The van der Waals surface area contributed by atoms with Gasteiger partial charge in [-0.3, -0.25) is 0 Å². The number of likely N-dealkylation sites (N-methyl/N-ethyl adjacent to an activating group) is 1. The average molecular weight is 239 g/mol. The van der Waals surface area contributed by atoms with Crippen LogP contribution in [0.1, 0.15) is 31.1 Å². The third-order valence-corrected chi connectivity index (χ3v) is 4.53. The minimum absolute atomic E-state index is 0.0476. The van der Waals surface area contributed by atoms with E-state index in [-0.39, 0.29) is 5.60 Å². The summed E-state index contributed by atoms with van der Waals surface area (Å²) in [7, 11) is 2.05. The zero-order chi connectivity index (χ0) is 11.4. The first-order chi connectivity index (χ1) is 7.74. The number of hydrogen-bond donors (Lipinski definition) is 1. The van der Waals surface area contributed by atoms with Crippen molar-refractivity contribution in [1.82, 2.24) is 5.32 Å². The Balaban J connectivity index is 1.90. The van der Waals surface area contributed by atoms with Crippen LogP contribution in [-0.4, -0.2) is 25.3 Å². The third kappa shape index (κ3) is 2.65. The second-order valence-corrected chi connectivity index (χ2v) is 5.76. The summed E-state index contributed by atoms with van der Waals surface area (Å²) in [5, 5.41) is 5.58. The summed E-state index contributed by atoms with van der Waals surface area (Å²) >= 11 is 1.85. The van der Waals surface area contributed by atoms with E-state index in [9.17, 15) is 0 Å². The molecule has 90 valence electrons. The molecular formula is C13H21NOS. The highest BCUT2D eigenvalue weighted by Gasteiger charge is 2.37. The summed E-state index contributed by atoms with van der Waals surface area (Å²) in [4.78, 5) is 1.47. The topological polar surface area (TPSA) is 21.3 Å². The predicted molar refractivity (Wildman–Crippen MR) is 69.1 cm³/mol. The fourth-order valence-corrected chi connectivity index (χ4v) is 3.30. The Bertz CT molecular complexity index is 304. The third-order valence-electron chi connectivity index (χ3n) is 3.59. The number of aryl methyl sites for hydroxylation is 1. The zero-order valence-corrected chi connectivity index (χ0v) is 11.0. The van der Waals surface area contributed by atoms with Gasteiger partial charge in [-0.05, 0) is 51.1 Å². The summed E-state index contributed by atoms with van der Waals surface area (Å²) in [6, 6.07) is 4.81. The molecule has 2 unspecified atom stereocenters. The van der Waals surface area contributed by atoms with E-state index in [2.05, 4.69) is 29.8 Å². The Morgan fingerprint density at radius 1 is 1.62 bits per heavy atom. The molecular weight excluding hydrogens is 218 g/mol. The van der Waals surface area contributed by atoms with Gasteiger partial charge >= 0.3 is 0 Å². The fraction of sp³-hybridized carbons (Fsp3) is 0.692. The molecule has 16 heavy (non-hydrogen) atoms. The van der Waals surface area contributed by atoms with Gasteiger partial charge in [-0.25, -0.2) is 0 Å². The molecule has 2 heterocycles. The van der Waals surface area contributed by atoms with Crippen molar-refractivity contribution in [3.05, 3.63) is 22.4 Å². The van der Waals surface area contributed by atoms with Crippen molar-refractivity contribution in [2.45, 2.75) is 44.2 Å². The second kappa shape index (κ2) is 5.30. The molecule has 1 aromatic rings. The van der Waals surface area contributed by atoms with Gasteiger partial charge in [-0.1, -0.05) is 6.07 Å². The largest absolute Gasteiger partial charge is 0.374 e. The quantitative estimate of drug-likeness (QED) is 0.853. The van der Waals surface area contributed by atoms with Crippen LogP contribution in [0, 0.1) is 0 Å². The molecule has 2 rings (SSSR count). The highest BCUT2D eigenvalue weighted by molar-refractivity contribution is 7.09. The fourth-order valence-electron chi connectivity index (χ4n) is 2.57. The van der Waals surface area contributed by atoms with Crippen LogP contribution < -0.4 is 5.32 Å². The molecule has 1 aromatic heterocycles. The number of ether oxygens (including phenoxy) is 1. The van der Waals surface area contributed by atoms with Gasteiger partial charge in [-0.15, -0.1) is 11.3 Å². The van der Waals surface area contributed by atoms with Gasteiger partial charge < -0.3 is 10.1 Å². The highest BCUT2D eigenvalue weighted by Crippen LogP contribution is 2.30. The maximum absolute atomic E-state index is 5.90. The van der Waals surface area contributed by atoms with Gasteiger partial charge in [0.05, 0.1) is 5.60 Å². The molecule has 3 heteroatoms. The van der Waals surface area contributed by atoms with Crippen LogP contribution in [0.2, 0.25) is 0 Å². The monoisotopic (exact) mass is 239 g/mol. The van der Waals surface area contributed by atoms with Gasteiger partial charge in [0.1, 0.15) is 0 Å². The standard InChI is InChI=1S/C13H21NOS/c1-13(8-4-9-15-13)12(14-2)7-6-11-5-3-10-16-11/h3,5,10,12,14H,4,6-9H2,1-2H3. The molecule has 0 saturated carbocycles. The molecule has 1 N–H and O–H groups in total. The van der Waals surface area contributed by atoms with Gasteiger partial charge in [0.15, 0.2) is 0 Å². The van der Waals surface area contributed by atoms with Crippen LogP contribution in [0.25, 0.3) is 0 Å². The normalized spacial score (nSPS) is 27.1. The lowest BCUT2D eigenvalue weighted by atomic mass is 9.89. The van der Waals surface area contributed by atoms with E-state index in [1.54, 1.807) is 0 Å². The first kappa shape index (κ1) is 12.1. The first-order valence-electron chi connectivity index (χ1n) is 6.08. The Kier molecular flexibility index (Phi) is 4.00. The highest BCUT2D eigenvalue weighted by atomic mass is 32.1. The lowest BCUT2D eigenvalue weighted by molar-refractivity contribution is -0.0116. The molecule has 1 fully saturated rings. The number of rotatable bonds is 5. The molecule has 2 atom stereocenters. The SMILES string of the molecule is CNC(CCc1cccs1)C1(C)CCCO1. The molecule has 1 aliphatic rings. The predicted octanol–water partition coefficient (Wildman–Crippen LogP) is 2.84. The van der Waals surface area contributed by atoms with Crippen molar-refractivity contribution in [2.75, 3.05) is 13.7 Å². The Hall–Kier alpha value is -0.380. The zero-order valence-electron chi connectivity index (χ0n) is 10.2. The van der Waals surface area contributed by atoms with Crippen molar-refractivity contribution < 1.29 is 4.74 Å². The molecule has 0 aromatic carbocycles. The molecule has 1 saturated heterocycles. The van der Waals surface area contributed by atoms with E-state index in [0.29, 0.717) is 6.04 Å². The van der Waals surface area contributed by atoms with Crippen LogP contribution in [0.5, 0.6) is 0 Å². The molecule has 0 aliphatic carbocycles. The van der Waals surface area contributed by atoms with Crippen molar-refractivity contribution >= 4 is 11.3 Å². The average Bonchev–Trinajstić information content (AvgIpc) is 2.91. The molecule has 0 radical (unpaired) electrons. The Labute approximate surface area is 102 Å². The van der Waals surface area contributed by atoms with E-state index >= 15 is 0 Å². The summed E-state index contributed by atoms with van der Waals surface area (Å²) in [6.07, 6.45) is 4.70. The van der Waals surface area contributed by atoms with Crippen molar-refractivity contribution in [3.8, 4) is 0 Å². The molecule has 1 aliphatic heterocycles. The van der Waals surface area contributed by atoms with Crippen LogP contribution in [0.15, 0.2) is 17.5 Å². The van der Waals surface area contributed by atoms with Gasteiger partial charge in [0, 0.05) is 17.5 Å². The van der Waals surface area contributed by atoms with E-state index < -0.39 is 0 Å². The minimum Gasteiger partial charge on any atom is -0.374 e. The number of nitrogens with one attached hydrogen (secondary N) is 1. The van der Waals surface area contributed by atoms with Crippen LogP contribution in [0.3, 0.4) is 0 Å². The summed E-state index contributed by atoms with van der Waals surface area (Å²) in [6.45, 7) is 3.17. The van der Waals surface area contributed by atoms with Crippen molar-refractivity contribution in [2.24, 2.45) is 0 Å². The molecule has 0 bridgehead atoms.